The van der Waals surface area contributed by atoms with E-state index in [1.165, 1.54) is 12.1 Å². The van der Waals surface area contributed by atoms with Crippen LogP contribution in [0.2, 0.25) is 0 Å². The van der Waals surface area contributed by atoms with Crippen LogP contribution >= 0.6 is 11.3 Å². The molecule has 1 N–H and O–H groups in total. The zero-order valence-corrected chi connectivity index (χ0v) is 20.1. The minimum Gasteiger partial charge on any atom is -0.459 e. The highest BCUT2D eigenvalue weighted by atomic mass is 32.1. The Morgan fingerprint density at radius 2 is 2.14 bits per heavy atom. The number of nitro benzene ring substituents is 1. The van der Waals surface area contributed by atoms with Crippen LogP contribution in [0, 0.1) is 10.1 Å². The van der Waals surface area contributed by atoms with Crippen LogP contribution in [0.15, 0.2) is 64.3 Å². The second-order valence-corrected chi connectivity index (χ2v) is 10.1. The largest absolute Gasteiger partial charge is 0.459 e. The molecule has 9 heteroatoms. The number of non-ortho nitro benzene ring substituents is 1. The van der Waals surface area contributed by atoms with E-state index < -0.39 is 16.8 Å². The Kier molecular flexibility index (Phi) is 6.53. The van der Waals surface area contributed by atoms with Gasteiger partial charge in [-0.05, 0) is 43.2 Å². The Labute approximate surface area is 206 Å². The lowest BCUT2D eigenvalue weighted by molar-refractivity contribution is -0.384. The maximum Gasteiger partial charge on any atom is 0.336 e. The van der Waals surface area contributed by atoms with E-state index in [4.69, 9.17) is 9.47 Å². The van der Waals surface area contributed by atoms with Gasteiger partial charge in [-0.15, -0.1) is 11.3 Å². The first kappa shape index (κ1) is 23.4. The highest BCUT2D eigenvalue weighted by Gasteiger charge is 2.42. The molecule has 3 atom stereocenters. The molecule has 182 valence electrons. The average Bonchev–Trinajstić information content (AvgIpc) is 3.56. The summed E-state index contributed by atoms with van der Waals surface area (Å²) < 4.78 is 11.2. The second kappa shape index (κ2) is 9.75. The van der Waals surface area contributed by atoms with E-state index in [9.17, 15) is 19.7 Å². The van der Waals surface area contributed by atoms with Crippen molar-refractivity contribution in [1.82, 2.24) is 5.32 Å². The van der Waals surface area contributed by atoms with Crippen molar-refractivity contribution in [3.05, 3.63) is 84.9 Å². The molecule has 1 aromatic heterocycles. The summed E-state index contributed by atoms with van der Waals surface area (Å²) in [7, 11) is 0. The molecule has 2 aliphatic heterocycles. The summed E-state index contributed by atoms with van der Waals surface area (Å²) in [6.45, 7) is 2.57. The molecule has 1 saturated heterocycles. The van der Waals surface area contributed by atoms with E-state index in [0.717, 1.165) is 23.4 Å². The summed E-state index contributed by atoms with van der Waals surface area (Å²) in [5.74, 6) is -1.28. The Balaban J connectivity index is 1.53. The van der Waals surface area contributed by atoms with Crippen molar-refractivity contribution >= 4 is 28.8 Å². The molecule has 8 nitrogen and oxygen atoms in total. The van der Waals surface area contributed by atoms with Gasteiger partial charge in [0.1, 0.15) is 6.61 Å². The van der Waals surface area contributed by atoms with Gasteiger partial charge in [0.15, 0.2) is 5.78 Å². The normalized spacial score (nSPS) is 24.3. The highest BCUT2D eigenvalue weighted by molar-refractivity contribution is 7.10. The molecule has 0 saturated carbocycles. The van der Waals surface area contributed by atoms with Crippen molar-refractivity contribution in [2.24, 2.45) is 0 Å². The number of nitrogens with zero attached hydrogens (tertiary/aromatic N) is 1. The van der Waals surface area contributed by atoms with Gasteiger partial charge in [-0.2, -0.15) is 0 Å². The van der Waals surface area contributed by atoms with Crippen molar-refractivity contribution < 1.29 is 24.0 Å². The van der Waals surface area contributed by atoms with E-state index >= 15 is 0 Å². The van der Waals surface area contributed by atoms with E-state index in [2.05, 4.69) is 5.32 Å². The molecular formula is C26H26N2O6S. The summed E-state index contributed by atoms with van der Waals surface area (Å²) >= 11 is 1.62. The summed E-state index contributed by atoms with van der Waals surface area (Å²) in [6.07, 6.45) is 2.57. The fourth-order valence-corrected chi connectivity index (χ4v) is 6.04. The van der Waals surface area contributed by atoms with E-state index in [1.54, 1.807) is 30.4 Å². The number of ether oxygens (including phenoxy) is 2. The Bertz CT molecular complexity index is 1230. The van der Waals surface area contributed by atoms with Gasteiger partial charge in [0, 0.05) is 58.8 Å². The molecule has 0 radical (unpaired) electrons. The Morgan fingerprint density at radius 1 is 1.29 bits per heavy atom. The van der Waals surface area contributed by atoms with E-state index in [0.29, 0.717) is 41.9 Å². The molecule has 0 bridgehead atoms. The van der Waals surface area contributed by atoms with Crippen LogP contribution in [-0.2, 0) is 19.1 Å². The van der Waals surface area contributed by atoms with Gasteiger partial charge < -0.3 is 14.8 Å². The minimum atomic E-state index is -0.736. The number of carbonyl (C=O) groups excluding carboxylic acids is 2. The number of rotatable bonds is 6. The number of thiophene rings is 1. The van der Waals surface area contributed by atoms with Crippen molar-refractivity contribution in [2.45, 2.75) is 50.5 Å². The van der Waals surface area contributed by atoms with Crippen molar-refractivity contribution in [3.63, 3.8) is 0 Å². The summed E-state index contributed by atoms with van der Waals surface area (Å²) in [5, 5.41) is 16.8. The number of dihydropyridines is 1. The van der Waals surface area contributed by atoms with Crippen molar-refractivity contribution in [3.8, 4) is 0 Å². The standard InChI is InChI=1S/C26H26N2O6S/c1-15-23(26(30)34-14-19-7-3-9-33-19)24(16-5-2-6-18(11-16)28(31)32)25-20(27-15)12-17(13-21(25)29)22-8-4-10-35-22/h2,4-6,8,10-11,17,19,24,27H,3,7,9,12-14H2,1H3/t17-,19+,24-/m1/s1. The predicted octanol–water partition coefficient (Wildman–Crippen LogP) is 4.74. The third-order valence-corrected chi connectivity index (χ3v) is 7.87. The van der Waals surface area contributed by atoms with Crippen LogP contribution in [-0.4, -0.2) is 36.0 Å². The van der Waals surface area contributed by atoms with Crippen LogP contribution < -0.4 is 5.32 Å². The number of hydrogen-bond donors (Lipinski definition) is 1. The molecular weight excluding hydrogens is 468 g/mol. The quantitative estimate of drug-likeness (QED) is 0.351. The number of allylic oxidation sites excluding steroid dienone is 3. The van der Waals surface area contributed by atoms with Crippen LogP contribution in [0.5, 0.6) is 0 Å². The lowest BCUT2D eigenvalue weighted by Crippen LogP contribution is -2.36. The first-order chi connectivity index (χ1) is 16.9. The smallest absolute Gasteiger partial charge is 0.336 e. The van der Waals surface area contributed by atoms with Gasteiger partial charge >= 0.3 is 5.97 Å². The topological polar surface area (TPSA) is 108 Å². The fraction of sp³-hybridized carbons (Fsp3) is 0.385. The average molecular weight is 495 g/mol. The monoisotopic (exact) mass is 494 g/mol. The van der Waals surface area contributed by atoms with Gasteiger partial charge in [0.2, 0.25) is 0 Å². The van der Waals surface area contributed by atoms with Crippen molar-refractivity contribution in [2.75, 3.05) is 13.2 Å². The third-order valence-electron chi connectivity index (χ3n) is 6.83. The molecule has 35 heavy (non-hydrogen) atoms. The van der Waals surface area contributed by atoms with Crippen LogP contribution in [0.3, 0.4) is 0 Å². The number of nitrogens with one attached hydrogen (secondary N) is 1. The molecule has 0 unspecified atom stereocenters. The summed E-state index contributed by atoms with van der Waals surface area (Å²) in [4.78, 5) is 39.1. The predicted molar refractivity (Wildman–Crippen MR) is 130 cm³/mol. The number of esters is 1. The Hall–Kier alpha value is -3.30. The molecule has 0 spiro atoms. The van der Waals surface area contributed by atoms with E-state index in [-0.39, 0.29) is 30.1 Å². The zero-order valence-electron chi connectivity index (χ0n) is 19.3. The molecule has 0 amide bonds. The molecule has 1 aliphatic carbocycles. The number of Topliss-reactive ketones (excluding diaryl/α,β-unsaturated/α-hetero) is 1. The van der Waals surface area contributed by atoms with Gasteiger partial charge in [-0.1, -0.05) is 18.2 Å². The summed E-state index contributed by atoms with van der Waals surface area (Å²) in [6, 6.07) is 10.2. The number of ketones is 1. The molecule has 1 aromatic carbocycles. The molecule has 3 aliphatic rings. The van der Waals surface area contributed by atoms with Crippen LogP contribution in [0.1, 0.15) is 54.9 Å². The highest BCUT2D eigenvalue weighted by Crippen LogP contribution is 2.46. The number of carbonyl (C=O) groups is 2. The minimum absolute atomic E-state index is 0.0559. The molecule has 1 fully saturated rings. The summed E-state index contributed by atoms with van der Waals surface area (Å²) in [5.41, 5.74) is 2.60. The number of benzene rings is 1. The molecule has 3 heterocycles. The maximum absolute atomic E-state index is 13.6. The van der Waals surface area contributed by atoms with Crippen molar-refractivity contribution in [1.29, 1.82) is 0 Å². The number of nitro groups is 1. The van der Waals surface area contributed by atoms with Crippen LogP contribution in [0.4, 0.5) is 5.69 Å². The first-order valence-electron chi connectivity index (χ1n) is 11.7. The Morgan fingerprint density at radius 3 is 2.86 bits per heavy atom. The zero-order chi connectivity index (χ0) is 24.5. The van der Waals surface area contributed by atoms with E-state index in [1.807, 2.05) is 17.5 Å². The number of hydrogen-bond acceptors (Lipinski definition) is 8. The third kappa shape index (κ3) is 4.66. The maximum atomic E-state index is 13.6. The first-order valence-corrected chi connectivity index (χ1v) is 12.6. The lowest BCUT2D eigenvalue weighted by atomic mass is 9.72. The second-order valence-electron chi connectivity index (χ2n) is 9.12. The SMILES string of the molecule is CC1=C(C(=O)OC[C@@H]2CCCO2)[C@@H](c2cccc([N+](=O)[O-])c2)C2=C(C[C@@H](c3cccs3)CC2=O)N1. The fourth-order valence-electron chi connectivity index (χ4n) is 5.21. The van der Waals surface area contributed by atoms with Crippen LogP contribution in [0.25, 0.3) is 0 Å². The van der Waals surface area contributed by atoms with Gasteiger partial charge in [-0.3, -0.25) is 14.9 Å². The van der Waals surface area contributed by atoms with Gasteiger partial charge in [-0.25, -0.2) is 4.79 Å². The van der Waals surface area contributed by atoms with Gasteiger partial charge in [0.25, 0.3) is 5.69 Å². The molecule has 2 aromatic rings. The van der Waals surface area contributed by atoms with Gasteiger partial charge in [0.05, 0.1) is 16.6 Å². The molecule has 5 rings (SSSR count). The lowest BCUT2D eigenvalue weighted by Gasteiger charge is -2.36.